The van der Waals surface area contributed by atoms with E-state index in [4.69, 9.17) is 12.2 Å². The number of aryl methyl sites for hydroxylation is 1. The van der Waals surface area contributed by atoms with Gasteiger partial charge in [-0.1, -0.05) is 32.0 Å². The summed E-state index contributed by atoms with van der Waals surface area (Å²) in [6, 6.07) is 7.78. The van der Waals surface area contributed by atoms with Crippen molar-refractivity contribution in [3.63, 3.8) is 0 Å². The molecule has 2 aromatic rings. The average molecular weight is 304 g/mol. The Labute approximate surface area is 129 Å². The molecule has 0 aliphatic rings. The summed E-state index contributed by atoms with van der Waals surface area (Å²) in [5.74, 6) is 0.701. The number of aromatic nitrogens is 1. The summed E-state index contributed by atoms with van der Waals surface area (Å²) in [7, 11) is 1.69. The lowest BCUT2D eigenvalue weighted by molar-refractivity contribution is 0.407. The van der Waals surface area contributed by atoms with Crippen LogP contribution in [0.25, 0.3) is 10.9 Å². The zero-order chi connectivity index (χ0) is 15.4. The van der Waals surface area contributed by atoms with Crippen LogP contribution in [0.4, 0.5) is 5.69 Å². The van der Waals surface area contributed by atoms with Crippen LogP contribution in [-0.2, 0) is 6.54 Å². The van der Waals surface area contributed by atoms with Gasteiger partial charge in [0.2, 0.25) is 11.0 Å². The second kappa shape index (κ2) is 6.67. The molecule has 0 spiro atoms. The molecule has 0 atom stereocenters. The minimum Gasteiger partial charge on any atom is -0.493 e. The van der Waals surface area contributed by atoms with Crippen LogP contribution in [0.3, 0.4) is 0 Å². The number of hydrogen-bond acceptors (Lipinski definition) is 3. The summed E-state index contributed by atoms with van der Waals surface area (Å²) in [6.07, 6.45) is 0.984. The number of nitrogens with one attached hydrogen (secondary N) is 1. The van der Waals surface area contributed by atoms with Gasteiger partial charge in [-0.05, 0) is 30.6 Å². The van der Waals surface area contributed by atoms with Crippen molar-refractivity contribution in [3.8, 4) is 5.88 Å². The summed E-state index contributed by atoms with van der Waals surface area (Å²) >= 11 is 4.95. The highest BCUT2D eigenvalue weighted by atomic mass is 32.1. The van der Waals surface area contributed by atoms with Gasteiger partial charge in [0.1, 0.15) is 0 Å². The van der Waals surface area contributed by atoms with Crippen molar-refractivity contribution in [2.24, 2.45) is 16.1 Å². The Morgan fingerprint density at radius 2 is 2.10 bits per heavy atom. The molecule has 21 heavy (non-hydrogen) atoms. The van der Waals surface area contributed by atoms with Crippen molar-refractivity contribution >= 4 is 33.9 Å². The van der Waals surface area contributed by atoms with Gasteiger partial charge in [0.25, 0.3) is 0 Å². The normalized spacial score (nSPS) is 11.6. The standard InChI is InChI=1S/C15H20N4OS/c1-10(2)8-9-19-12-7-5-4-6-11(12)13(14(19)20)17-18-15(21)16-3/h4-7,10,20H,8-9H2,1-3H3,(H,16,21). The SMILES string of the molecule is CNC(=S)N=Nc1c(O)n(CCC(C)C)c2ccccc12. The van der Waals surface area contributed by atoms with Crippen LogP contribution in [0.15, 0.2) is 34.5 Å². The number of azo groups is 1. The fourth-order valence-electron chi connectivity index (χ4n) is 2.13. The van der Waals surface area contributed by atoms with E-state index in [9.17, 15) is 5.11 Å². The molecule has 0 saturated carbocycles. The van der Waals surface area contributed by atoms with Crippen molar-refractivity contribution in [2.45, 2.75) is 26.8 Å². The summed E-state index contributed by atoms with van der Waals surface area (Å²) in [4.78, 5) is 0. The minimum atomic E-state index is 0.138. The van der Waals surface area contributed by atoms with E-state index >= 15 is 0 Å². The molecule has 112 valence electrons. The Morgan fingerprint density at radius 3 is 2.76 bits per heavy atom. The van der Waals surface area contributed by atoms with Crippen LogP contribution in [0, 0.1) is 5.92 Å². The monoisotopic (exact) mass is 304 g/mol. The maximum atomic E-state index is 10.5. The minimum absolute atomic E-state index is 0.138. The van der Waals surface area contributed by atoms with E-state index in [-0.39, 0.29) is 11.0 Å². The first-order chi connectivity index (χ1) is 10.0. The Morgan fingerprint density at radius 1 is 1.38 bits per heavy atom. The molecule has 6 heteroatoms. The van der Waals surface area contributed by atoms with Crippen LogP contribution < -0.4 is 5.32 Å². The second-order valence-corrected chi connectivity index (χ2v) is 5.67. The van der Waals surface area contributed by atoms with E-state index in [1.807, 2.05) is 28.8 Å². The predicted octanol–water partition coefficient (Wildman–Crippen LogP) is 3.98. The first-order valence-electron chi connectivity index (χ1n) is 6.98. The molecule has 0 radical (unpaired) electrons. The second-order valence-electron chi connectivity index (χ2n) is 5.28. The first-order valence-corrected chi connectivity index (χ1v) is 7.39. The highest BCUT2D eigenvalue weighted by molar-refractivity contribution is 7.80. The number of para-hydroxylation sites is 1. The number of fused-ring (bicyclic) bond motifs is 1. The van der Waals surface area contributed by atoms with Crippen LogP contribution in [0.1, 0.15) is 20.3 Å². The molecule has 0 aliphatic heterocycles. The van der Waals surface area contributed by atoms with Crippen molar-refractivity contribution in [2.75, 3.05) is 7.05 Å². The maximum Gasteiger partial charge on any atom is 0.220 e. The number of hydrogen-bond donors (Lipinski definition) is 2. The molecule has 0 fully saturated rings. The number of nitrogens with zero attached hydrogens (tertiary/aromatic N) is 3. The third kappa shape index (κ3) is 3.39. The smallest absolute Gasteiger partial charge is 0.220 e. The maximum absolute atomic E-state index is 10.5. The Balaban J connectivity index is 2.47. The fraction of sp³-hybridized carbons (Fsp3) is 0.400. The molecular weight excluding hydrogens is 284 g/mol. The van der Waals surface area contributed by atoms with E-state index in [2.05, 4.69) is 29.4 Å². The van der Waals surface area contributed by atoms with Crippen LogP contribution in [0.2, 0.25) is 0 Å². The van der Waals surface area contributed by atoms with Gasteiger partial charge in [-0.3, -0.25) is 0 Å². The van der Waals surface area contributed by atoms with E-state index in [0.717, 1.165) is 23.9 Å². The van der Waals surface area contributed by atoms with Crippen molar-refractivity contribution in [3.05, 3.63) is 24.3 Å². The zero-order valence-electron chi connectivity index (χ0n) is 12.5. The quantitative estimate of drug-likeness (QED) is 0.663. The van der Waals surface area contributed by atoms with Crippen LogP contribution in [-0.4, -0.2) is 21.8 Å². The third-order valence-corrected chi connectivity index (χ3v) is 3.59. The molecule has 2 rings (SSSR count). The van der Waals surface area contributed by atoms with Gasteiger partial charge < -0.3 is 15.0 Å². The van der Waals surface area contributed by atoms with Gasteiger partial charge in [-0.2, -0.15) is 0 Å². The Kier molecular flexibility index (Phi) is 4.90. The molecule has 0 unspecified atom stereocenters. The lowest BCUT2D eigenvalue weighted by atomic mass is 10.1. The molecule has 0 aliphatic carbocycles. The third-order valence-electron chi connectivity index (χ3n) is 3.30. The van der Waals surface area contributed by atoms with Crippen molar-refractivity contribution < 1.29 is 5.11 Å². The van der Waals surface area contributed by atoms with Gasteiger partial charge in [-0.15, -0.1) is 10.2 Å². The summed E-state index contributed by atoms with van der Waals surface area (Å²) in [5, 5.41) is 22.4. The molecule has 5 nitrogen and oxygen atoms in total. The predicted molar refractivity (Wildman–Crippen MR) is 89.2 cm³/mol. The molecule has 0 saturated heterocycles. The molecule has 1 aromatic carbocycles. The van der Waals surface area contributed by atoms with Gasteiger partial charge in [-0.25, -0.2) is 0 Å². The lowest BCUT2D eigenvalue weighted by Gasteiger charge is -2.08. The Bertz CT molecular complexity index is 676. The first kappa shape index (κ1) is 15.4. The molecule has 1 heterocycles. The van der Waals surface area contributed by atoms with Crippen LogP contribution in [0.5, 0.6) is 5.88 Å². The number of aromatic hydroxyl groups is 1. The van der Waals surface area contributed by atoms with E-state index in [1.54, 1.807) is 7.05 Å². The van der Waals surface area contributed by atoms with E-state index in [0.29, 0.717) is 11.6 Å². The van der Waals surface area contributed by atoms with Crippen molar-refractivity contribution in [1.82, 2.24) is 9.88 Å². The molecule has 0 bridgehead atoms. The van der Waals surface area contributed by atoms with E-state index in [1.165, 1.54) is 0 Å². The fourth-order valence-corrected chi connectivity index (χ4v) is 2.17. The van der Waals surface area contributed by atoms with Gasteiger partial charge in [0.05, 0.1) is 5.52 Å². The number of thiocarbonyl (C=S) groups is 1. The number of benzene rings is 1. The summed E-state index contributed by atoms with van der Waals surface area (Å²) in [6.45, 7) is 5.07. The van der Waals surface area contributed by atoms with Crippen LogP contribution >= 0.6 is 12.2 Å². The topological polar surface area (TPSA) is 61.9 Å². The molecule has 2 N–H and O–H groups in total. The van der Waals surface area contributed by atoms with Gasteiger partial charge in [0, 0.05) is 19.0 Å². The Hall–Kier alpha value is -1.95. The highest BCUT2D eigenvalue weighted by Gasteiger charge is 2.16. The lowest BCUT2D eigenvalue weighted by Crippen LogP contribution is -2.11. The summed E-state index contributed by atoms with van der Waals surface area (Å²) in [5.41, 5.74) is 1.42. The largest absolute Gasteiger partial charge is 0.493 e. The van der Waals surface area contributed by atoms with Crippen molar-refractivity contribution in [1.29, 1.82) is 0 Å². The van der Waals surface area contributed by atoms with E-state index < -0.39 is 0 Å². The number of rotatable bonds is 4. The average Bonchev–Trinajstić information content (AvgIpc) is 2.74. The molecular formula is C15H20N4OS. The van der Waals surface area contributed by atoms with Gasteiger partial charge in [0.15, 0.2) is 5.69 Å². The molecule has 0 amide bonds. The van der Waals surface area contributed by atoms with Gasteiger partial charge >= 0.3 is 0 Å². The molecule has 1 aromatic heterocycles. The summed E-state index contributed by atoms with van der Waals surface area (Å²) < 4.78 is 1.88. The highest BCUT2D eigenvalue weighted by Crippen LogP contribution is 2.39. The zero-order valence-corrected chi connectivity index (χ0v) is 13.3.